The number of carbonyl (C=O) groups is 1. The van der Waals surface area contributed by atoms with Crippen molar-refractivity contribution in [2.24, 2.45) is 0 Å². The molecule has 0 radical (unpaired) electrons. The molecule has 0 unspecified atom stereocenters. The molecule has 0 saturated heterocycles. The van der Waals surface area contributed by atoms with Gasteiger partial charge in [-0.05, 0) is 56.3 Å². The molecule has 4 aromatic rings. The van der Waals surface area contributed by atoms with Crippen LogP contribution in [0.2, 0.25) is 5.02 Å². The predicted octanol–water partition coefficient (Wildman–Crippen LogP) is 6.02. The lowest BCUT2D eigenvalue weighted by Gasteiger charge is -2.09. The molecule has 0 bridgehead atoms. The van der Waals surface area contributed by atoms with Crippen LogP contribution in [0.5, 0.6) is 0 Å². The summed E-state index contributed by atoms with van der Waals surface area (Å²) in [6.07, 6.45) is 0. The van der Waals surface area contributed by atoms with Gasteiger partial charge in [0.15, 0.2) is 5.58 Å². The minimum absolute atomic E-state index is 0.173. The molecule has 0 aliphatic rings. The van der Waals surface area contributed by atoms with Crippen LogP contribution in [-0.4, -0.2) is 10.9 Å². The lowest BCUT2D eigenvalue weighted by molar-refractivity contribution is 0.102. The van der Waals surface area contributed by atoms with Gasteiger partial charge in [0.25, 0.3) is 5.91 Å². The maximum Gasteiger partial charge on any atom is 0.255 e. The van der Waals surface area contributed by atoms with E-state index in [1.165, 1.54) is 0 Å². The molecular weight excluding hydrogens is 360 g/mol. The third kappa shape index (κ3) is 3.57. The smallest absolute Gasteiger partial charge is 0.255 e. The first-order valence-corrected chi connectivity index (χ1v) is 8.92. The third-order valence-corrected chi connectivity index (χ3v) is 4.56. The minimum atomic E-state index is -0.173. The van der Waals surface area contributed by atoms with Crippen molar-refractivity contribution < 1.29 is 9.21 Å². The summed E-state index contributed by atoms with van der Waals surface area (Å²) < 4.78 is 5.80. The molecule has 5 heteroatoms. The van der Waals surface area contributed by atoms with E-state index in [9.17, 15) is 4.79 Å². The highest BCUT2D eigenvalue weighted by Gasteiger charge is 2.14. The van der Waals surface area contributed by atoms with Crippen molar-refractivity contribution in [3.05, 3.63) is 82.4 Å². The van der Waals surface area contributed by atoms with E-state index in [0.717, 1.165) is 16.6 Å². The van der Waals surface area contributed by atoms with Crippen molar-refractivity contribution in [1.29, 1.82) is 0 Å². The molecule has 0 atom stereocenters. The number of amides is 1. The van der Waals surface area contributed by atoms with Gasteiger partial charge in [-0.15, -0.1) is 0 Å². The minimum Gasteiger partial charge on any atom is -0.436 e. The number of fused-ring (bicyclic) bond motifs is 1. The number of aryl methyl sites for hydroxylation is 2. The molecule has 0 aliphatic carbocycles. The van der Waals surface area contributed by atoms with E-state index in [4.69, 9.17) is 16.0 Å². The van der Waals surface area contributed by atoms with Gasteiger partial charge in [-0.1, -0.05) is 40.9 Å². The zero-order valence-electron chi connectivity index (χ0n) is 14.9. The van der Waals surface area contributed by atoms with Gasteiger partial charge in [-0.2, -0.15) is 0 Å². The Hall–Kier alpha value is -3.11. The zero-order valence-corrected chi connectivity index (χ0v) is 15.7. The Kier molecular flexibility index (Phi) is 4.42. The molecule has 3 aromatic carbocycles. The van der Waals surface area contributed by atoms with Gasteiger partial charge in [0.05, 0.1) is 10.6 Å². The first-order chi connectivity index (χ1) is 13.0. The molecule has 0 fully saturated rings. The molecule has 1 heterocycles. The highest BCUT2D eigenvalue weighted by Crippen LogP contribution is 2.32. The van der Waals surface area contributed by atoms with Gasteiger partial charge < -0.3 is 9.73 Å². The second-order valence-corrected chi connectivity index (χ2v) is 6.92. The number of nitrogens with zero attached hydrogens (tertiary/aromatic N) is 1. The molecule has 27 heavy (non-hydrogen) atoms. The van der Waals surface area contributed by atoms with Crippen LogP contribution in [0.4, 0.5) is 5.69 Å². The molecule has 1 N–H and O–H groups in total. The quantitative estimate of drug-likeness (QED) is 0.475. The Balaban J connectivity index is 1.66. The number of rotatable bonds is 3. The van der Waals surface area contributed by atoms with E-state index in [1.807, 2.05) is 56.3 Å². The SMILES string of the molecule is Cc1cc(C)cc(C(=O)Nc2ccc(Cl)c(-c3nc4ccccc4o3)c2)c1. The van der Waals surface area contributed by atoms with Crippen molar-refractivity contribution in [2.75, 3.05) is 5.32 Å². The molecule has 4 nitrogen and oxygen atoms in total. The number of carbonyl (C=O) groups excluding carboxylic acids is 1. The van der Waals surface area contributed by atoms with Gasteiger partial charge in [-0.25, -0.2) is 4.98 Å². The number of para-hydroxylation sites is 2. The second kappa shape index (κ2) is 6.89. The largest absolute Gasteiger partial charge is 0.436 e. The van der Waals surface area contributed by atoms with E-state index >= 15 is 0 Å². The summed E-state index contributed by atoms with van der Waals surface area (Å²) in [5, 5.41) is 3.42. The number of nitrogens with one attached hydrogen (secondary N) is 1. The van der Waals surface area contributed by atoms with Crippen molar-refractivity contribution in [3.8, 4) is 11.5 Å². The Bertz CT molecular complexity index is 1110. The third-order valence-electron chi connectivity index (χ3n) is 4.23. The fourth-order valence-corrected chi connectivity index (χ4v) is 3.26. The summed E-state index contributed by atoms with van der Waals surface area (Å²) in [5.74, 6) is 0.247. The Morgan fingerprint density at radius 3 is 2.48 bits per heavy atom. The molecule has 1 aromatic heterocycles. The number of aromatic nitrogens is 1. The second-order valence-electron chi connectivity index (χ2n) is 6.51. The van der Waals surface area contributed by atoms with Gasteiger partial charge in [0.2, 0.25) is 5.89 Å². The van der Waals surface area contributed by atoms with Crippen LogP contribution >= 0.6 is 11.6 Å². The highest BCUT2D eigenvalue weighted by atomic mass is 35.5. The van der Waals surface area contributed by atoms with Crippen molar-refractivity contribution >= 4 is 34.3 Å². The summed E-state index contributed by atoms with van der Waals surface area (Å²) >= 11 is 6.34. The van der Waals surface area contributed by atoms with E-state index in [0.29, 0.717) is 33.3 Å². The number of halogens is 1. The summed E-state index contributed by atoms with van der Waals surface area (Å²) in [6.45, 7) is 3.94. The standard InChI is InChI=1S/C22H17ClN2O2/c1-13-9-14(2)11-15(10-13)21(26)24-16-7-8-18(23)17(12-16)22-25-19-5-3-4-6-20(19)27-22/h3-12H,1-2H3,(H,24,26). The van der Waals surface area contributed by atoms with Crippen molar-refractivity contribution in [1.82, 2.24) is 4.98 Å². The fraction of sp³-hybridized carbons (Fsp3) is 0.0909. The maximum atomic E-state index is 12.6. The lowest BCUT2D eigenvalue weighted by Crippen LogP contribution is -2.12. The van der Waals surface area contributed by atoms with Gasteiger partial charge in [-0.3, -0.25) is 4.79 Å². The Morgan fingerprint density at radius 2 is 1.74 bits per heavy atom. The van der Waals surface area contributed by atoms with Gasteiger partial charge in [0, 0.05) is 11.3 Å². The van der Waals surface area contributed by atoms with Crippen LogP contribution in [0.3, 0.4) is 0 Å². The van der Waals surface area contributed by atoms with E-state index < -0.39 is 0 Å². The molecule has 0 aliphatic heterocycles. The van der Waals surface area contributed by atoms with E-state index in [2.05, 4.69) is 10.3 Å². The highest BCUT2D eigenvalue weighted by molar-refractivity contribution is 6.33. The van der Waals surface area contributed by atoms with Crippen LogP contribution < -0.4 is 5.32 Å². The summed E-state index contributed by atoms with van der Waals surface area (Å²) in [4.78, 5) is 17.1. The average Bonchev–Trinajstić information content (AvgIpc) is 3.06. The summed E-state index contributed by atoms with van der Waals surface area (Å²) in [7, 11) is 0. The Labute approximate surface area is 161 Å². The number of hydrogen-bond acceptors (Lipinski definition) is 3. The maximum absolute atomic E-state index is 12.6. The summed E-state index contributed by atoms with van der Waals surface area (Å²) in [5.41, 5.74) is 5.41. The summed E-state index contributed by atoms with van der Waals surface area (Å²) in [6, 6.07) is 18.5. The van der Waals surface area contributed by atoms with Crippen LogP contribution in [0.15, 0.2) is 65.1 Å². The lowest BCUT2D eigenvalue weighted by atomic mass is 10.1. The van der Waals surface area contributed by atoms with Crippen molar-refractivity contribution in [2.45, 2.75) is 13.8 Å². The van der Waals surface area contributed by atoms with Gasteiger partial charge in [0.1, 0.15) is 5.52 Å². The fourth-order valence-electron chi connectivity index (χ4n) is 3.06. The molecule has 1 amide bonds. The van der Waals surface area contributed by atoms with Crippen LogP contribution in [0.25, 0.3) is 22.6 Å². The van der Waals surface area contributed by atoms with Gasteiger partial charge >= 0.3 is 0 Å². The first-order valence-electron chi connectivity index (χ1n) is 8.55. The number of benzene rings is 3. The molecule has 134 valence electrons. The zero-order chi connectivity index (χ0) is 19.0. The van der Waals surface area contributed by atoms with Crippen molar-refractivity contribution in [3.63, 3.8) is 0 Å². The average molecular weight is 377 g/mol. The van der Waals surface area contributed by atoms with E-state index in [1.54, 1.807) is 18.2 Å². The topological polar surface area (TPSA) is 55.1 Å². The monoisotopic (exact) mass is 376 g/mol. The van der Waals surface area contributed by atoms with E-state index in [-0.39, 0.29) is 5.91 Å². The molecular formula is C22H17ClN2O2. The predicted molar refractivity (Wildman–Crippen MR) is 108 cm³/mol. The molecule has 0 saturated carbocycles. The number of hydrogen-bond donors (Lipinski definition) is 1. The number of oxazole rings is 1. The van der Waals surface area contributed by atoms with Crippen LogP contribution in [0, 0.1) is 13.8 Å². The molecule has 0 spiro atoms. The molecule has 4 rings (SSSR count). The first kappa shape index (κ1) is 17.3. The Morgan fingerprint density at radius 1 is 1.00 bits per heavy atom. The number of anilines is 1. The van der Waals surface area contributed by atoms with Crippen LogP contribution in [-0.2, 0) is 0 Å². The van der Waals surface area contributed by atoms with Crippen LogP contribution in [0.1, 0.15) is 21.5 Å². The normalized spacial score (nSPS) is 10.9.